The first-order chi connectivity index (χ1) is 18.9. The summed E-state index contributed by atoms with van der Waals surface area (Å²) < 4.78 is 44.8. The smallest absolute Gasteiger partial charge is 0.252 e. The lowest BCUT2D eigenvalue weighted by molar-refractivity contribution is -0.129. The van der Waals surface area contributed by atoms with Crippen molar-refractivity contribution >= 4 is 11.8 Å². The second-order valence-corrected chi connectivity index (χ2v) is 9.02. The third-order valence-corrected chi connectivity index (χ3v) is 6.26. The quantitative estimate of drug-likeness (QED) is 0.254. The Labute approximate surface area is 225 Å². The first-order valence-corrected chi connectivity index (χ1v) is 12.5. The lowest BCUT2D eigenvalue weighted by Crippen LogP contribution is -2.47. The Morgan fingerprint density at radius 1 is 1.13 bits per heavy atom. The summed E-state index contributed by atoms with van der Waals surface area (Å²) in [6.45, 7) is 4.14. The van der Waals surface area contributed by atoms with E-state index in [1.165, 1.54) is 0 Å². The number of methoxy groups -OCH3 is 1. The van der Waals surface area contributed by atoms with E-state index in [2.05, 4.69) is 11.9 Å². The lowest BCUT2D eigenvalue weighted by atomic mass is 9.84. The number of carbonyl (C=O) groups is 1. The molecule has 1 aliphatic heterocycles. The SMILES string of the molecule is C=CC[C@@]1(C(=O)NCc2cc(F)cc(F)c2)N=C(c2ccc(OCCCO)cc2)O[C@@H]1c1cccc(OC)c1. The highest BCUT2D eigenvalue weighted by molar-refractivity contribution is 6.01. The molecule has 4 rings (SSSR count). The molecular weight excluding hydrogens is 506 g/mol. The van der Waals surface area contributed by atoms with E-state index in [-0.39, 0.29) is 31.0 Å². The predicted molar refractivity (Wildman–Crippen MR) is 143 cm³/mol. The fraction of sp³-hybridized carbons (Fsp3) is 0.267. The molecule has 1 heterocycles. The van der Waals surface area contributed by atoms with Crippen molar-refractivity contribution in [3.8, 4) is 11.5 Å². The van der Waals surface area contributed by atoms with E-state index >= 15 is 0 Å². The van der Waals surface area contributed by atoms with Gasteiger partial charge in [-0.15, -0.1) is 6.58 Å². The molecule has 0 aromatic heterocycles. The van der Waals surface area contributed by atoms with Gasteiger partial charge in [0.25, 0.3) is 5.91 Å². The number of nitrogens with one attached hydrogen (secondary N) is 1. The van der Waals surface area contributed by atoms with Crippen molar-refractivity contribution in [1.29, 1.82) is 0 Å². The zero-order chi connectivity index (χ0) is 27.8. The number of hydrogen-bond donors (Lipinski definition) is 2. The number of carbonyl (C=O) groups excluding carboxylic acids is 1. The van der Waals surface area contributed by atoms with Gasteiger partial charge in [-0.1, -0.05) is 18.2 Å². The molecule has 0 spiro atoms. The van der Waals surface area contributed by atoms with Crippen LogP contribution in [0.3, 0.4) is 0 Å². The third kappa shape index (κ3) is 6.43. The maximum Gasteiger partial charge on any atom is 0.252 e. The Hall–Kier alpha value is -4.24. The second kappa shape index (κ2) is 12.5. The van der Waals surface area contributed by atoms with Gasteiger partial charge < -0.3 is 24.6 Å². The normalized spacial score (nSPS) is 18.2. The average molecular weight is 537 g/mol. The van der Waals surface area contributed by atoms with E-state index in [9.17, 15) is 13.6 Å². The minimum Gasteiger partial charge on any atom is -0.497 e. The summed E-state index contributed by atoms with van der Waals surface area (Å²) in [4.78, 5) is 18.6. The number of halogens is 2. The third-order valence-electron chi connectivity index (χ3n) is 6.26. The van der Waals surface area contributed by atoms with Crippen LogP contribution in [0.2, 0.25) is 0 Å². The molecule has 1 amide bonds. The summed E-state index contributed by atoms with van der Waals surface area (Å²) in [7, 11) is 1.54. The van der Waals surface area contributed by atoms with Crippen molar-refractivity contribution < 1.29 is 32.9 Å². The molecule has 1 aliphatic rings. The molecule has 0 radical (unpaired) electrons. The standard InChI is InChI=1S/C30H30F2N2O5/c1-3-12-30(29(36)33-19-20-15-23(31)18-24(32)16-20)27(22-6-4-7-26(17-22)37-2)39-28(34-30)21-8-10-25(11-9-21)38-14-5-13-35/h3-4,6-11,15-18,27,35H,1,5,12-14,19H2,2H3,(H,33,36)/t27-,30-/m1/s1. The number of aliphatic hydroxyl groups excluding tert-OH is 1. The monoisotopic (exact) mass is 536 g/mol. The van der Waals surface area contributed by atoms with Gasteiger partial charge in [-0.05, 0) is 59.7 Å². The Balaban J connectivity index is 1.68. The molecule has 204 valence electrons. The number of aliphatic hydroxyl groups is 1. The van der Waals surface area contributed by atoms with E-state index < -0.39 is 29.2 Å². The van der Waals surface area contributed by atoms with E-state index in [0.29, 0.717) is 35.7 Å². The Morgan fingerprint density at radius 3 is 2.54 bits per heavy atom. The van der Waals surface area contributed by atoms with Gasteiger partial charge in [-0.25, -0.2) is 13.8 Å². The Morgan fingerprint density at radius 2 is 1.87 bits per heavy atom. The van der Waals surface area contributed by atoms with Gasteiger partial charge in [-0.3, -0.25) is 4.79 Å². The lowest BCUT2D eigenvalue weighted by Gasteiger charge is -2.30. The summed E-state index contributed by atoms with van der Waals surface area (Å²) in [5.74, 6) is -0.507. The van der Waals surface area contributed by atoms with E-state index in [4.69, 9.17) is 24.3 Å². The van der Waals surface area contributed by atoms with E-state index in [0.717, 1.165) is 18.2 Å². The molecule has 39 heavy (non-hydrogen) atoms. The maximum atomic E-state index is 13.8. The van der Waals surface area contributed by atoms with Crippen LogP contribution in [0.5, 0.6) is 11.5 Å². The van der Waals surface area contributed by atoms with Gasteiger partial charge in [0.1, 0.15) is 23.1 Å². The predicted octanol–water partition coefficient (Wildman–Crippen LogP) is 4.88. The van der Waals surface area contributed by atoms with Crippen LogP contribution < -0.4 is 14.8 Å². The van der Waals surface area contributed by atoms with E-state index in [1.807, 2.05) is 6.07 Å². The Kier molecular flexibility index (Phi) is 8.93. The number of nitrogens with zero attached hydrogens (tertiary/aromatic N) is 1. The molecule has 0 unspecified atom stereocenters. The molecule has 2 N–H and O–H groups in total. The minimum atomic E-state index is -1.45. The summed E-state index contributed by atoms with van der Waals surface area (Å²) in [5.41, 5.74) is 0.104. The molecule has 3 aromatic carbocycles. The largest absolute Gasteiger partial charge is 0.497 e. The molecule has 9 heteroatoms. The van der Waals surface area contributed by atoms with Crippen molar-refractivity contribution in [2.45, 2.75) is 31.0 Å². The van der Waals surface area contributed by atoms with Crippen molar-refractivity contribution in [1.82, 2.24) is 5.32 Å². The number of rotatable bonds is 12. The van der Waals surface area contributed by atoms with Crippen LogP contribution in [-0.2, 0) is 16.1 Å². The van der Waals surface area contributed by atoms with Crippen molar-refractivity contribution in [2.75, 3.05) is 20.3 Å². The zero-order valence-electron chi connectivity index (χ0n) is 21.5. The molecule has 0 saturated heterocycles. The van der Waals surface area contributed by atoms with Gasteiger partial charge in [-0.2, -0.15) is 0 Å². The van der Waals surface area contributed by atoms with Crippen LogP contribution in [0, 0.1) is 11.6 Å². The van der Waals surface area contributed by atoms with Crippen LogP contribution in [0.1, 0.15) is 35.6 Å². The Bertz CT molecular complexity index is 1330. The first kappa shape index (κ1) is 27.8. The minimum absolute atomic E-state index is 0.0377. The molecule has 7 nitrogen and oxygen atoms in total. The van der Waals surface area contributed by atoms with Gasteiger partial charge in [0.05, 0.1) is 13.7 Å². The fourth-order valence-electron chi connectivity index (χ4n) is 4.39. The van der Waals surface area contributed by atoms with Gasteiger partial charge in [0, 0.05) is 37.6 Å². The van der Waals surface area contributed by atoms with Gasteiger partial charge in [0.15, 0.2) is 11.6 Å². The first-order valence-electron chi connectivity index (χ1n) is 12.5. The summed E-state index contributed by atoms with van der Waals surface area (Å²) in [5, 5.41) is 11.7. The number of benzene rings is 3. The number of ether oxygens (including phenoxy) is 3. The van der Waals surface area contributed by atoms with E-state index in [1.54, 1.807) is 55.7 Å². The topological polar surface area (TPSA) is 89.4 Å². The number of aliphatic imine (C=N–C) groups is 1. The molecule has 3 aromatic rings. The number of hydrogen-bond acceptors (Lipinski definition) is 6. The summed E-state index contributed by atoms with van der Waals surface area (Å²) in [6, 6.07) is 17.3. The van der Waals surface area contributed by atoms with Crippen LogP contribution in [-0.4, -0.2) is 42.8 Å². The second-order valence-electron chi connectivity index (χ2n) is 9.02. The molecule has 0 fully saturated rings. The van der Waals surface area contributed by atoms with Crippen LogP contribution in [0.15, 0.2) is 84.4 Å². The molecule has 0 aliphatic carbocycles. The zero-order valence-corrected chi connectivity index (χ0v) is 21.5. The van der Waals surface area contributed by atoms with Crippen LogP contribution in [0.4, 0.5) is 8.78 Å². The van der Waals surface area contributed by atoms with Gasteiger partial charge >= 0.3 is 0 Å². The molecular formula is C30H30F2N2O5. The highest BCUT2D eigenvalue weighted by atomic mass is 19.1. The average Bonchev–Trinajstić information content (AvgIpc) is 3.32. The van der Waals surface area contributed by atoms with Crippen molar-refractivity contribution in [3.05, 3.63) is 108 Å². The highest BCUT2D eigenvalue weighted by Crippen LogP contribution is 2.43. The van der Waals surface area contributed by atoms with Crippen LogP contribution in [0.25, 0.3) is 0 Å². The fourth-order valence-corrected chi connectivity index (χ4v) is 4.39. The molecule has 0 bridgehead atoms. The van der Waals surface area contributed by atoms with Gasteiger partial charge in [0.2, 0.25) is 5.90 Å². The highest BCUT2D eigenvalue weighted by Gasteiger charge is 2.52. The van der Waals surface area contributed by atoms with Crippen molar-refractivity contribution in [3.63, 3.8) is 0 Å². The number of amides is 1. The summed E-state index contributed by atoms with van der Waals surface area (Å²) in [6.07, 6.45) is 1.39. The molecule has 0 saturated carbocycles. The maximum absolute atomic E-state index is 13.8. The van der Waals surface area contributed by atoms with Crippen LogP contribution >= 0.6 is 0 Å². The summed E-state index contributed by atoms with van der Waals surface area (Å²) >= 11 is 0. The molecule has 2 atom stereocenters. The van der Waals surface area contributed by atoms with Crippen molar-refractivity contribution in [2.24, 2.45) is 4.99 Å².